The van der Waals surface area contributed by atoms with E-state index in [1.807, 2.05) is 19.0 Å². The van der Waals surface area contributed by atoms with Crippen LogP contribution in [0.3, 0.4) is 0 Å². The van der Waals surface area contributed by atoms with Gasteiger partial charge in [0.05, 0.1) is 24.9 Å². The van der Waals surface area contributed by atoms with Gasteiger partial charge >= 0.3 is 5.97 Å². The molecule has 0 atom stereocenters. The van der Waals surface area contributed by atoms with Gasteiger partial charge < -0.3 is 19.9 Å². The number of anilines is 1. The van der Waals surface area contributed by atoms with Crippen molar-refractivity contribution in [3.05, 3.63) is 29.8 Å². The molecule has 0 aliphatic carbocycles. The third kappa shape index (κ3) is 6.07. The molecular formula is C16H23N3O4. The maximum absolute atomic E-state index is 12.2. The minimum Gasteiger partial charge on any atom is -0.465 e. The summed E-state index contributed by atoms with van der Waals surface area (Å²) < 4.78 is 4.68. The maximum Gasteiger partial charge on any atom is 0.339 e. The Morgan fingerprint density at radius 3 is 2.35 bits per heavy atom. The summed E-state index contributed by atoms with van der Waals surface area (Å²) in [6.45, 7) is 2.46. The molecule has 23 heavy (non-hydrogen) atoms. The van der Waals surface area contributed by atoms with Gasteiger partial charge in [-0.2, -0.15) is 0 Å². The fourth-order valence-corrected chi connectivity index (χ4v) is 1.91. The van der Waals surface area contributed by atoms with Crippen molar-refractivity contribution in [2.24, 2.45) is 0 Å². The number of ether oxygens (including phenoxy) is 1. The number of carbonyl (C=O) groups is 3. The van der Waals surface area contributed by atoms with E-state index in [9.17, 15) is 14.4 Å². The van der Waals surface area contributed by atoms with Crippen molar-refractivity contribution in [1.29, 1.82) is 0 Å². The van der Waals surface area contributed by atoms with Crippen molar-refractivity contribution in [3.63, 3.8) is 0 Å². The van der Waals surface area contributed by atoms with E-state index in [1.54, 1.807) is 24.3 Å². The summed E-state index contributed by atoms with van der Waals surface area (Å²) in [6.07, 6.45) is 0. The molecule has 1 aromatic carbocycles. The van der Waals surface area contributed by atoms with Gasteiger partial charge in [0.25, 0.3) is 0 Å². The molecule has 2 amide bonds. The van der Waals surface area contributed by atoms with E-state index in [0.29, 0.717) is 18.8 Å². The molecule has 0 unspecified atom stereocenters. The standard InChI is InChI=1S/C16H23N3O4/c1-12(20)19(10-9-18(2)3)11-15(21)17-14-8-6-5-7-13(14)16(22)23-4/h5-8H,9-11H2,1-4H3,(H,17,21). The van der Waals surface area contributed by atoms with Crippen LogP contribution in [0.5, 0.6) is 0 Å². The first-order valence-electron chi connectivity index (χ1n) is 7.22. The summed E-state index contributed by atoms with van der Waals surface area (Å²) in [6, 6.07) is 6.57. The summed E-state index contributed by atoms with van der Waals surface area (Å²) in [4.78, 5) is 38.8. The van der Waals surface area contributed by atoms with Crippen LogP contribution in [0.1, 0.15) is 17.3 Å². The Morgan fingerprint density at radius 1 is 1.13 bits per heavy atom. The minimum absolute atomic E-state index is 0.0708. The van der Waals surface area contributed by atoms with Crippen LogP contribution in [0.4, 0.5) is 5.69 Å². The molecule has 0 bridgehead atoms. The lowest BCUT2D eigenvalue weighted by molar-refractivity contribution is -0.132. The maximum atomic E-state index is 12.2. The number of carbonyl (C=O) groups excluding carboxylic acids is 3. The van der Waals surface area contributed by atoms with Crippen LogP contribution in [-0.2, 0) is 14.3 Å². The zero-order valence-corrected chi connectivity index (χ0v) is 14.0. The summed E-state index contributed by atoms with van der Waals surface area (Å²) in [5, 5.41) is 2.65. The second kappa shape index (κ2) is 8.89. The van der Waals surface area contributed by atoms with E-state index < -0.39 is 5.97 Å². The molecule has 0 fully saturated rings. The van der Waals surface area contributed by atoms with Gasteiger partial charge in [0.1, 0.15) is 0 Å². The van der Waals surface area contributed by atoms with Crippen molar-refractivity contribution in [2.45, 2.75) is 6.92 Å². The predicted octanol–water partition coefficient (Wildman–Crippen LogP) is 0.822. The van der Waals surface area contributed by atoms with E-state index >= 15 is 0 Å². The summed E-state index contributed by atoms with van der Waals surface area (Å²) >= 11 is 0. The third-order valence-corrected chi connectivity index (χ3v) is 3.20. The van der Waals surface area contributed by atoms with Gasteiger partial charge in [0.2, 0.25) is 11.8 Å². The monoisotopic (exact) mass is 321 g/mol. The second-order valence-electron chi connectivity index (χ2n) is 5.33. The Hall–Kier alpha value is -2.41. The molecule has 0 aliphatic heterocycles. The van der Waals surface area contributed by atoms with E-state index in [-0.39, 0.29) is 23.9 Å². The lowest BCUT2D eigenvalue weighted by Crippen LogP contribution is -2.40. The molecule has 7 nitrogen and oxygen atoms in total. The normalized spacial score (nSPS) is 10.3. The van der Waals surface area contributed by atoms with Crippen LogP contribution in [0.15, 0.2) is 24.3 Å². The SMILES string of the molecule is COC(=O)c1ccccc1NC(=O)CN(CCN(C)C)C(C)=O. The molecule has 0 aromatic heterocycles. The number of esters is 1. The van der Waals surface area contributed by atoms with E-state index in [0.717, 1.165) is 0 Å². The smallest absolute Gasteiger partial charge is 0.339 e. The van der Waals surface area contributed by atoms with Crippen LogP contribution >= 0.6 is 0 Å². The molecule has 1 aromatic rings. The fraction of sp³-hybridized carbons (Fsp3) is 0.438. The van der Waals surface area contributed by atoms with Crippen molar-refractivity contribution >= 4 is 23.5 Å². The van der Waals surface area contributed by atoms with Gasteiger partial charge in [0.15, 0.2) is 0 Å². The van der Waals surface area contributed by atoms with Crippen molar-refractivity contribution < 1.29 is 19.1 Å². The zero-order chi connectivity index (χ0) is 17.4. The molecule has 126 valence electrons. The van der Waals surface area contributed by atoms with Gasteiger partial charge in [-0.3, -0.25) is 9.59 Å². The molecular weight excluding hydrogens is 298 g/mol. The Morgan fingerprint density at radius 2 is 1.78 bits per heavy atom. The highest BCUT2D eigenvalue weighted by atomic mass is 16.5. The first kappa shape index (κ1) is 18.6. The Balaban J connectivity index is 2.75. The highest BCUT2D eigenvalue weighted by Gasteiger charge is 2.17. The minimum atomic E-state index is -0.531. The van der Waals surface area contributed by atoms with Gasteiger partial charge in [-0.15, -0.1) is 0 Å². The Bertz CT molecular complexity index is 572. The summed E-state index contributed by atoms with van der Waals surface area (Å²) in [5.41, 5.74) is 0.631. The molecule has 7 heteroatoms. The van der Waals surface area contributed by atoms with Crippen LogP contribution in [-0.4, -0.2) is 68.4 Å². The average molecular weight is 321 g/mol. The Kier molecular flexibility index (Phi) is 7.21. The van der Waals surface area contributed by atoms with Gasteiger partial charge in [-0.1, -0.05) is 12.1 Å². The van der Waals surface area contributed by atoms with Crippen LogP contribution in [0.25, 0.3) is 0 Å². The highest BCUT2D eigenvalue weighted by molar-refractivity contribution is 6.02. The van der Waals surface area contributed by atoms with Crippen molar-refractivity contribution in [1.82, 2.24) is 9.80 Å². The topological polar surface area (TPSA) is 79.0 Å². The fourth-order valence-electron chi connectivity index (χ4n) is 1.91. The van der Waals surface area contributed by atoms with E-state index in [1.165, 1.54) is 18.9 Å². The highest BCUT2D eigenvalue weighted by Crippen LogP contribution is 2.16. The lowest BCUT2D eigenvalue weighted by atomic mass is 10.2. The second-order valence-corrected chi connectivity index (χ2v) is 5.33. The molecule has 0 saturated carbocycles. The number of nitrogens with zero attached hydrogens (tertiary/aromatic N) is 2. The molecule has 1 N–H and O–H groups in total. The van der Waals surface area contributed by atoms with Crippen LogP contribution in [0, 0.1) is 0 Å². The van der Waals surface area contributed by atoms with Crippen LogP contribution in [0.2, 0.25) is 0 Å². The zero-order valence-electron chi connectivity index (χ0n) is 14.0. The number of amides is 2. The first-order chi connectivity index (χ1) is 10.8. The molecule has 1 rings (SSSR count). The van der Waals surface area contributed by atoms with Gasteiger partial charge in [0, 0.05) is 20.0 Å². The largest absolute Gasteiger partial charge is 0.465 e. The number of likely N-dealkylation sites (N-methyl/N-ethyl adjacent to an activating group) is 1. The number of methoxy groups -OCH3 is 1. The molecule has 0 spiro atoms. The summed E-state index contributed by atoms with van der Waals surface area (Å²) in [5.74, 6) is -1.07. The third-order valence-electron chi connectivity index (χ3n) is 3.20. The number of nitrogens with one attached hydrogen (secondary N) is 1. The van der Waals surface area contributed by atoms with Crippen molar-refractivity contribution in [3.8, 4) is 0 Å². The van der Waals surface area contributed by atoms with E-state index in [4.69, 9.17) is 0 Å². The van der Waals surface area contributed by atoms with Gasteiger partial charge in [-0.25, -0.2) is 4.79 Å². The Labute approximate surface area is 136 Å². The predicted molar refractivity (Wildman–Crippen MR) is 87.2 cm³/mol. The molecule has 0 saturated heterocycles. The number of benzene rings is 1. The lowest BCUT2D eigenvalue weighted by Gasteiger charge is -2.22. The average Bonchev–Trinajstić information content (AvgIpc) is 2.50. The van der Waals surface area contributed by atoms with Crippen molar-refractivity contribution in [2.75, 3.05) is 46.2 Å². The first-order valence-corrected chi connectivity index (χ1v) is 7.22. The summed E-state index contributed by atoms with van der Waals surface area (Å²) in [7, 11) is 5.07. The number of rotatable bonds is 7. The number of hydrogen-bond donors (Lipinski definition) is 1. The molecule has 0 radical (unpaired) electrons. The van der Waals surface area contributed by atoms with Crippen LogP contribution < -0.4 is 5.32 Å². The molecule has 0 aliphatic rings. The van der Waals surface area contributed by atoms with E-state index in [2.05, 4.69) is 10.1 Å². The number of para-hydroxylation sites is 1. The quantitative estimate of drug-likeness (QED) is 0.752. The van der Waals surface area contributed by atoms with Gasteiger partial charge in [-0.05, 0) is 26.2 Å². The molecule has 0 heterocycles. The number of hydrogen-bond acceptors (Lipinski definition) is 5.